The zero-order chi connectivity index (χ0) is 21.5. The molecule has 1 rings (SSSR count). The number of aromatic nitrogens is 2. The fraction of sp³-hybridized carbons (Fsp3) is 0.500. The second-order valence-electron chi connectivity index (χ2n) is 1.39. The fourth-order valence-electron chi connectivity index (χ4n) is 0.303. The lowest BCUT2D eigenvalue weighted by Crippen LogP contribution is -2.23. The Bertz CT molecular complexity index is 666. The van der Waals surface area contributed by atoms with Gasteiger partial charge >= 0.3 is 0 Å². The van der Waals surface area contributed by atoms with E-state index in [4.69, 9.17) is 19.2 Å². The van der Waals surface area contributed by atoms with E-state index in [2.05, 4.69) is 0 Å². The Morgan fingerprint density at radius 3 is 3.17 bits per heavy atom. The van der Waals surface area contributed by atoms with Gasteiger partial charge in [-0.1, -0.05) is 0 Å². The predicted octanol–water partition coefficient (Wildman–Crippen LogP) is -0.911. The van der Waals surface area contributed by atoms with E-state index >= 15 is 0 Å². The number of imidazole rings is 1. The summed E-state index contributed by atoms with van der Waals surface area (Å²) < 4.78 is 98.3. The van der Waals surface area contributed by atoms with Gasteiger partial charge in [0.05, 0.1) is 20.3 Å². The zero-order valence-electron chi connectivity index (χ0n) is 19.7. The number of carboxylic acid groups (broad SMARTS) is 1. The molecule has 4 heteroatoms. The monoisotopic (exact) mass is 184 g/mol. The minimum absolute atomic E-state index is 0.0781. The molecule has 0 saturated carbocycles. The first-order valence-electron chi connectivity index (χ1n) is 9.50. The van der Waals surface area contributed by atoms with Crippen molar-refractivity contribution >= 4 is 5.97 Å². The first kappa shape index (κ1) is 1.78. The van der Waals surface area contributed by atoms with Gasteiger partial charge in [0.15, 0.2) is 1.37 Å². The fourth-order valence-corrected chi connectivity index (χ4v) is 0.303. The lowest BCUT2D eigenvalue weighted by Gasteiger charge is -1.81. The molecule has 0 aliphatic rings. The highest BCUT2D eigenvalue weighted by Gasteiger charge is 1.92. The van der Waals surface area contributed by atoms with Crippen LogP contribution in [0.25, 0.3) is 0 Å². The lowest BCUT2D eigenvalue weighted by atomic mass is 10.7. The quantitative estimate of drug-likeness (QED) is 0.530. The van der Waals surface area contributed by atoms with Crippen molar-refractivity contribution in [1.29, 1.82) is 0 Å². The standard InChI is InChI=1S/C6H11N2.C2H4O2/c1-3-8-5-4-7(2)6-8;1-2(3)4/h4-6H,3H2,1-2H3;1H3,(H,3,4)/q+1;/p-1/i1D3,2D3,3D2,4D,5D,6D;1D3. The Morgan fingerprint density at radius 2 is 2.75 bits per heavy atom. The Kier molecular flexibility index (Phi) is 0.795. The molecule has 0 radical (unpaired) electrons. The van der Waals surface area contributed by atoms with Gasteiger partial charge in [-0.2, -0.15) is 0 Å². The lowest BCUT2D eigenvalue weighted by molar-refractivity contribution is -0.671. The van der Waals surface area contributed by atoms with Crippen molar-refractivity contribution in [2.24, 2.45) is 6.98 Å². The molecule has 1 aromatic rings. The Balaban J connectivity index is 0.000000758. The number of hydrogen-bond acceptors (Lipinski definition) is 2. The van der Waals surface area contributed by atoms with Crippen molar-refractivity contribution in [3.63, 3.8) is 0 Å². The molecule has 0 bridgehead atoms. The SMILES string of the molecule is [2H]C([2H])([2H])C(=O)[O-].[2H]c1c([2H])[n+](C([2H])([2H])[2H])c([2H])n1C([2H])([2H])C([2H])([2H])[2H]. The van der Waals surface area contributed by atoms with Crippen LogP contribution in [0, 0.1) is 0 Å². The number of hydrogen-bond donors (Lipinski definition) is 0. The highest BCUT2D eigenvalue weighted by molar-refractivity contribution is 5.60. The van der Waals surface area contributed by atoms with Crippen LogP contribution in [0.5, 0.6) is 0 Å². The molecule has 4 nitrogen and oxygen atoms in total. The van der Waals surface area contributed by atoms with Gasteiger partial charge in [0.25, 0.3) is 0 Å². The van der Waals surface area contributed by atoms with E-state index in [1.54, 1.807) is 0 Å². The number of rotatable bonds is 1. The second kappa shape index (κ2) is 5.35. The van der Waals surface area contributed by atoms with Gasteiger partial charge in [-0.05, 0) is 13.7 Å². The van der Waals surface area contributed by atoms with Crippen LogP contribution in [0.15, 0.2) is 18.6 Å². The van der Waals surface area contributed by atoms with Crippen LogP contribution in [0.1, 0.15) is 32.9 Å². The molecular formula is C8H14N2O2. The third kappa shape index (κ3) is 5.46. The van der Waals surface area contributed by atoms with Gasteiger partial charge in [-0.25, -0.2) is 9.13 Å². The van der Waals surface area contributed by atoms with Crippen LogP contribution in [0.2, 0.25) is 0 Å². The summed E-state index contributed by atoms with van der Waals surface area (Å²) in [5.41, 5.74) is 0. The first-order chi connectivity index (χ1) is 11.2. The Morgan fingerprint density at radius 1 is 2.00 bits per heavy atom. The summed E-state index contributed by atoms with van der Waals surface area (Å²) in [5.74, 6) is -2.01. The van der Waals surface area contributed by atoms with Crippen LogP contribution in [0.3, 0.4) is 0 Å². The average Bonchev–Trinajstić information content (AvgIpc) is 2.57. The zero-order valence-corrected chi connectivity index (χ0v) is 5.71. The highest BCUT2D eigenvalue weighted by Crippen LogP contribution is 1.79. The summed E-state index contributed by atoms with van der Waals surface area (Å²) in [5, 5.41) is 9.35. The van der Waals surface area contributed by atoms with Crippen molar-refractivity contribution in [2.75, 3.05) is 0 Å². The van der Waals surface area contributed by atoms with E-state index in [0.717, 1.165) is 0 Å². The van der Waals surface area contributed by atoms with Crippen LogP contribution >= 0.6 is 0 Å². The predicted molar refractivity (Wildman–Crippen MR) is 42.0 cm³/mol. The van der Waals surface area contributed by atoms with E-state index in [9.17, 15) is 9.90 Å². The van der Waals surface area contributed by atoms with Gasteiger partial charge in [0, 0.05) is 14.2 Å². The third-order valence-electron chi connectivity index (χ3n) is 0.585. The normalized spacial score (nSPS) is 30.0. The van der Waals surface area contributed by atoms with Gasteiger partial charge in [0.1, 0.15) is 15.1 Å². The molecule has 0 saturated heterocycles. The van der Waals surface area contributed by atoms with E-state index in [0.29, 0.717) is 0 Å². The van der Waals surface area contributed by atoms with E-state index < -0.39 is 51.8 Å². The second-order valence-corrected chi connectivity index (χ2v) is 1.39. The largest absolute Gasteiger partial charge is 0.550 e. The number of nitrogens with zero attached hydrogens (tertiary/aromatic N) is 2. The summed E-state index contributed by atoms with van der Waals surface area (Å²) >= 11 is 0. The molecule has 0 fully saturated rings. The number of aliphatic carboxylic acids is 1. The Hall–Kier alpha value is -1.32. The van der Waals surface area contributed by atoms with Crippen LogP contribution < -0.4 is 9.67 Å². The van der Waals surface area contributed by atoms with Crippen molar-refractivity contribution in [1.82, 2.24) is 4.57 Å². The highest BCUT2D eigenvalue weighted by atomic mass is 16.4. The Labute approximate surface area is 91.7 Å². The molecule has 0 atom stereocenters. The molecule has 0 N–H and O–H groups in total. The van der Waals surface area contributed by atoms with Crippen molar-refractivity contribution in [3.05, 3.63) is 18.6 Å². The van der Waals surface area contributed by atoms with Gasteiger partial charge in [-0.3, -0.25) is 0 Å². The van der Waals surface area contributed by atoms with E-state index in [1.807, 2.05) is 0 Å². The summed E-state index contributed by atoms with van der Waals surface area (Å²) in [6.45, 7) is -12.3. The number of carboxylic acids is 1. The van der Waals surface area contributed by atoms with Crippen molar-refractivity contribution in [3.8, 4) is 0 Å². The van der Waals surface area contributed by atoms with Gasteiger partial charge in [0.2, 0.25) is 6.30 Å². The molecule has 1 aromatic heterocycles. The summed E-state index contributed by atoms with van der Waals surface area (Å²) in [4.78, 5) is 9.35. The molecule has 0 unspecified atom stereocenters. The maximum atomic E-state index is 9.35. The minimum atomic E-state index is -3.21. The molecule has 68 valence electrons. The number of carbonyl (C=O) groups is 1. The molecular weight excluding hydrogens is 156 g/mol. The summed E-state index contributed by atoms with van der Waals surface area (Å²) in [6, 6.07) is 0. The van der Waals surface area contributed by atoms with Gasteiger partial charge in [-0.15, -0.1) is 0 Å². The topological polar surface area (TPSA) is 48.9 Å². The smallest absolute Gasteiger partial charge is 0.243 e. The molecule has 0 spiro atoms. The maximum absolute atomic E-state index is 9.35. The van der Waals surface area contributed by atoms with Crippen LogP contribution in [0.4, 0.5) is 0 Å². The summed E-state index contributed by atoms with van der Waals surface area (Å²) in [6.07, 6.45) is -3.00. The summed E-state index contributed by atoms with van der Waals surface area (Å²) in [7, 11) is 0. The molecule has 0 aliphatic heterocycles. The van der Waals surface area contributed by atoms with E-state index in [1.165, 1.54) is 0 Å². The first-order valence-corrected chi connectivity index (χ1v) is 2.50. The molecule has 12 heavy (non-hydrogen) atoms. The average molecular weight is 184 g/mol. The van der Waals surface area contributed by atoms with E-state index in [-0.39, 0.29) is 9.13 Å². The minimum Gasteiger partial charge on any atom is -0.550 e. The molecule has 0 aromatic carbocycles. The van der Waals surface area contributed by atoms with Crippen molar-refractivity contribution in [2.45, 2.75) is 20.2 Å². The number of carbonyl (C=O) groups excluding carboxylic acids is 1. The molecule has 0 aliphatic carbocycles. The van der Waals surface area contributed by atoms with Gasteiger partial charge < -0.3 is 9.90 Å². The molecule has 1 heterocycles. The molecule has 0 amide bonds. The van der Waals surface area contributed by atoms with Crippen LogP contribution in [-0.2, 0) is 18.3 Å². The third-order valence-corrected chi connectivity index (χ3v) is 0.585. The van der Waals surface area contributed by atoms with Crippen LogP contribution in [-0.4, -0.2) is 10.5 Å². The van der Waals surface area contributed by atoms with Crippen molar-refractivity contribution < 1.29 is 33.7 Å². The maximum Gasteiger partial charge on any atom is 0.243 e.